The molecule has 41 heteroatoms. The van der Waals surface area contributed by atoms with Crippen molar-refractivity contribution < 1.29 is 159 Å². The monoisotopic (exact) mass is 1520 g/mol. The summed E-state index contributed by atoms with van der Waals surface area (Å²) in [5.41, 5.74) is 4.03. The van der Waals surface area contributed by atoms with Gasteiger partial charge in [-0.25, -0.2) is 19.3 Å². The number of aliphatic carboxylic acids is 1. The summed E-state index contributed by atoms with van der Waals surface area (Å²) in [7, 11) is -16.3. The minimum Gasteiger partial charge on any atom is -0.870 e. The van der Waals surface area contributed by atoms with Crippen molar-refractivity contribution in [1.29, 1.82) is 0 Å². The quantitative estimate of drug-likeness (QED) is 0.00620. The van der Waals surface area contributed by atoms with Crippen molar-refractivity contribution in [1.82, 2.24) is 30.2 Å². The van der Waals surface area contributed by atoms with Crippen LogP contribution < -0.4 is 65.5 Å². The molecule has 0 radical (unpaired) electrons. The minimum absolute atomic E-state index is 0. The number of amides is 2. The van der Waals surface area contributed by atoms with Crippen molar-refractivity contribution in [3.63, 3.8) is 0 Å². The van der Waals surface area contributed by atoms with E-state index in [4.69, 9.17) is 15.6 Å². The Hall–Kier alpha value is -5.05. The van der Waals surface area contributed by atoms with Crippen LogP contribution in [0.15, 0.2) is 83.1 Å². The van der Waals surface area contributed by atoms with Gasteiger partial charge >= 0.3 is 41.5 Å². The molecular formula is C58H83N7NaO27P3S3-4. The SMILES string of the molecule is CCCC(=O)CC(=O)O.CCCC(=O)CC(=O)OC.CCCC(=O)CC(=O)SCCNC(=O)CCNC(=O)C(O)C(C)(C)COP(=O)([O-])OP(=O)([O-])OCC1OC(n2cnc3c(N)ncnc32)C(O)C1OP(=O)([O-])[O-].CCCC(=O)CC(=O)Sc1ccccc1.Sc1ccccc1.[Na+].[OH-]. The van der Waals surface area contributed by atoms with Gasteiger partial charge in [-0.3, -0.25) is 61.6 Å². The Bertz CT molecular complexity index is 3340. The second-order valence-corrected chi connectivity index (χ2v) is 28.0. The standard InChI is InChI=1S/C27H44N7O18P3S.C12H14O2S.C7H12O3.C6H10O3.C6H6S.Na.H2O/c1-4-5-15(35)10-18(37)56-9-8-29-17(36)6-7-30-25(40)22(39)27(2,3)12-49-55(46,47)52-54(44,45)48-11-16-21(51-53(41,42)43)20(38)26(50-16)34-14-33-19-23(28)31-13-32-24(19)34;1-2-6-10(13)9-12(14)15-11-7-4-3-5-8-11;1-3-4-6(8)5-7(9)10-2;1-2-3-5(7)4-6(8)9;7-6-4-2-1-3-5-6;;/h13-14,16,20-22,26,38-39H,4-12H2,1-3H3,(H,29,36)(H,30,40)(H,44,45)(H,46,47)(H2,28,31,32)(H2,41,42,43);3-5,7-8H,2,6,9H2,1H3;3-5H2,1-2H3;2-4H2,1H3,(H,8,9);1-5,7H;;1H2/q;;;;;+1;/p-5. The Kier molecular flexibility index (Phi) is 48.8. The fourth-order valence-electron chi connectivity index (χ4n) is 7.60. The van der Waals surface area contributed by atoms with Crippen molar-refractivity contribution >= 4 is 134 Å². The van der Waals surface area contributed by atoms with E-state index >= 15 is 0 Å². The molecule has 2 amide bonds. The van der Waals surface area contributed by atoms with E-state index in [-0.39, 0.29) is 136 Å². The van der Waals surface area contributed by atoms with Crippen LogP contribution in [0.2, 0.25) is 0 Å². The number of aliphatic hydroxyl groups excluding tert-OH is 2. The smallest absolute Gasteiger partial charge is 0.870 e. The zero-order valence-corrected chi connectivity index (χ0v) is 62.9. The van der Waals surface area contributed by atoms with Crippen LogP contribution in [0.4, 0.5) is 5.82 Å². The molecular weight excluding hydrogens is 1440 g/mol. The van der Waals surface area contributed by atoms with Gasteiger partial charge in [0.15, 0.2) is 22.8 Å². The summed E-state index contributed by atoms with van der Waals surface area (Å²) in [5.74, 6) is -3.27. The molecule has 7 atom stereocenters. The Morgan fingerprint density at radius 1 is 0.737 bits per heavy atom. The topological polar surface area (TPSA) is 554 Å². The van der Waals surface area contributed by atoms with Gasteiger partial charge in [0.05, 0.1) is 47.3 Å². The summed E-state index contributed by atoms with van der Waals surface area (Å²) in [5, 5.41) is 33.8. The predicted octanol–water partition coefficient (Wildman–Crippen LogP) is 0.512. The number of hydrogen-bond acceptors (Lipinski definition) is 33. The minimum atomic E-state index is -5.92. The maximum Gasteiger partial charge on any atom is 1.00 e. The fraction of sp³-hybridized carbons (Fsp3) is 0.534. The molecule has 99 heavy (non-hydrogen) atoms. The molecule has 5 rings (SSSR count). The Morgan fingerprint density at radius 3 is 1.76 bits per heavy atom. The zero-order valence-electron chi connectivity index (χ0n) is 55.7. The Morgan fingerprint density at radius 2 is 1.25 bits per heavy atom. The van der Waals surface area contributed by atoms with Gasteiger partial charge in [0, 0.05) is 66.2 Å². The number of thiol groups is 1. The number of phosphoric ester groups is 3. The number of aromatic nitrogens is 4. The van der Waals surface area contributed by atoms with Crippen molar-refractivity contribution in [3.05, 3.63) is 73.3 Å². The van der Waals surface area contributed by atoms with Crippen molar-refractivity contribution in [3.8, 4) is 0 Å². The molecule has 0 bridgehead atoms. The van der Waals surface area contributed by atoms with E-state index in [1.54, 1.807) is 0 Å². The van der Waals surface area contributed by atoms with Crippen molar-refractivity contribution in [2.45, 2.75) is 165 Å². The van der Waals surface area contributed by atoms with E-state index in [1.807, 2.05) is 88.4 Å². The number of methoxy groups -OCH3 is 1. The third-order valence-electron chi connectivity index (χ3n) is 12.2. The average molecular weight is 1520 g/mol. The molecule has 34 nitrogen and oxygen atoms in total. The van der Waals surface area contributed by atoms with Gasteiger partial charge in [0.1, 0.15) is 72.2 Å². The maximum atomic E-state index is 12.5. The third-order valence-corrected chi connectivity index (χ3v) is 17.3. The molecule has 1 saturated heterocycles. The molecule has 550 valence electrons. The van der Waals surface area contributed by atoms with Crippen molar-refractivity contribution in [2.24, 2.45) is 5.41 Å². The third kappa shape index (κ3) is 42.2. The number of Topliss-reactive ketones (excluding diaryl/α,β-unsaturated/α-hetero) is 4. The van der Waals surface area contributed by atoms with E-state index in [0.29, 0.717) is 32.1 Å². The van der Waals surface area contributed by atoms with Crippen LogP contribution in [0.25, 0.3) is 11.2 Å². The van der Waals surface area contributed by atoms with Gasteiger partial charge in [-0.15, -0.1) is 12.6 Å². The molecule has 0 aliphatic carbocycles. The number of nitrogens with zero attached hydrogens (tertiary/aromatic N) is 4. The molecule has 1 aliphatic rings. The van der Waals surface area contributed by atoms with Crippen LogP contribution in [0.3, 0.4) is 0 Å². The van der Waals surface area contributed by atoms with Gasteiger partial charge in [0.2, 0.25) is 16.9 Å². The number of nitrogen functional groups attached to an aromatic ring is 1. The number of phosphoric acid groups is 3. The average Bonchev–Trinajstić information content (AvgIpc) is 1.62. The number of nitrogens with two attached hydrogens (primary N) is 1. The maximum absolute atomic E-state index is 12.5. The largest absolute Gasteiger partial charge is 1.00 e. The van der Waals surface area contributed by atoms with Crippen LogP contribution in [0.1, 0.15) is 131 Å². The first-order chi connectivity index (χ1) is 45.4. The van der Waals surface area contributed by atoms with Crippen molar-refractivity contribution in [2.75, 3.05) is 44.9 Å². The number of imidazole rings is 1. The van der Waals surface area contributed by atoms with E-state index in [9.17, 15) is 91.4 Å². The molecule has 8 N–H and O–H groups in total. The second-order valence-electron chi connectivity index (χ2n) is 21.2. The van der Waals surface area contributed by atoms with Crippen LogP contribution in [-0.4, -0.2) is 161 Å². The number of nitrogens with one attached hydrogen (secondary N) is 2. The number of benzene rings is 2. The number of esters is 1. The Balaban J connectivity index is 0. The van der Waals surface area contributed by atoms with E-state index in [2.05, 4.69) is 60.8 Å². The number of anilines is 1. The molecule has 4 aromatic rings. The summed E-state index contributed by atoms with van der Waals surface area (Å²) in [6.07, 6.45) is -3.63. The normalized spacial score (nSPS) is 16.1. The number of rotatable bonds is 36. The number of carbonyl (C=O) groups excluding carboxylic acids is 9. The second kappa shape index (κ2) is 50.3. The number of aliphatic hydroxyl groups is 2. The van der Waals surface area contributed by atoms with Gasteiger partial charge in [0.25, 0.3) is 15.6 Å². The van der Waals surface area contributed by atoms with Crippen LogP contribution in [0.5, 0.6) is 0 Å². The first kappa shape index (κ1) is 96.0. The molecule has 0 saturated carbocycles. The molecule has 2 aromatic carbocycles. The van der Waals surface area contributed by atoms with Crippen LogP contribution in [-0.2, 0) is 89.0 Å². The number of carboxylic acids is 1. The fourth-order valence-corrected chi connectivity index (χ4v) is 12.0. The van der Waals surface area contributed by atoms with E-state index in [0.717, 1.165) is 69.8 Å². The zero-order chi connectivity index (χ0) is 73.5. The summed E-state index contributed by atoms with van der Waals surface area (Å²) in [4.78, 5) is 173. The van der Waals surface area contributed by atoms with E-state index in [1.165, 1.54) is 21.0 Å². The predicted molar refractivity (Wildman–Crippen MR) is 349 cm³/mol. The molecule has 1 fully saturated rings. The number of ether oxygens (including phenoxy) is 2. The summed E-state index contributed by atoms with van der Waals surface area (Å²) in [6.45, 7) is 7.41. The number of carboxylic acid groups (broad SMARTS) is 1. The van der Waals surface area contributed by atoms with Gasteiger partial charge in [-0.05, 0) is 49.9 Å². The number of carbonyl (C=O) groups is 10. The molecule has 1 aliphatic heterocycles. The summed E-state index contributed by atoms with van der Waals surface area (Å²) >= 11 is 6.11. The van der Waals surface area contributed by atoms with Gasteiger partial charge in [-0.2, -0.15) is 0 Å². The summed E-state index contributed by atoms with van der Waals surface area (Å²) in [6, 6.07) is 19.2. The van der Waals surface area contributed by atoms with Gasteiger partial charge in [-0.1, -0.05) is 101 Å². The van der Waals surface area contributed by atoms with E-state index < -0.39 is 96.5 Å². The molecule has 0 spiro atoms. The summed E-state index contributed by atoms with van der Waals surface area (Å²) < 4.78 is 64.7. The Labute approximate surface area is 608 Å². The molecule has 7 unspecified atom stereocenters. The first-order valence-electron chi connectivity index (χ1n) is 29.8. The van der Waals surface area contributed by atoms with Crippen LogP contribution in [0, 0.1) is 5.41 Å². The van der Waals surface area contributed by atoms with Crippen LogP contribution >= 0.6 is 59.6 Å². The first-order valence-corrected chi connectivity index (χ1v) is 36.4. The number of ketones is 4. The molecule has 3 heterocycles. The molecule has 2 aromatic heterocycles. The number of thioether (sulfide) groups is 2. The number of hydrogen-bond donors (Lipinski definition) is 7. The van der Waals surface area contributed by atoms with Gasteiger partial charge < -0.3 is 84.3 Å². The number of fused-ring (bicyclic) bond motifs is 1.